The van der Waals surface area contributed by atoms with E-state index in [1.807, 2.05) is 20.8 Å². The van der Waals surface area contributed by atoms with Gasteiger partial charge in [-0.05, 0) is 71.4 Å². The maximum absolute atomic E-state index is 12.1. The molecule has 2 saturated heterocycles. The molecule has 1 aliphatic carbocycles. The number of fused-ring (bicyclic) bond motifs is 3. The number of rotatable bonds is 4. The number of anilines is 2. The summed E-state index contributed by atoms with van der Waals surface area (Å²) in [5.74, 6) is 0. The van der Waals surface area contributed by atoms with Crippen LogP contribution in [-0.2, 0) is 9.47 Å². The summed E-state index contributed by atoms with van der Waals surface area (Å²) in [7, 11) is 0. The van der Waals surface area contributed by atoms with Gasteiger partial charge in [0.1, 0.15) is 11.1 Å². The van der Waals surface area contributed by atoms with E-state index in [1.54, 1.807) is 12.4 Å². The summed E-state index contributed by atoms with van der Waals surface area (Å²) in [4.78, 5) is 23.8. The zero-order valence-corrected chi connectivity index (χ0v) is 19.8. The first kappa shape index (κ1) is 22.2. The van der Waals surface area contributed by atoms with Gasteiger partial charge in [-0.1, -0.05) is 0 Å². The Kier molecular flexibility index (Phi) is 6.03. The molecule has 2 aromatic rings. The smallest absolute Gasteiger partial charge is 0.407 e. The number of hydrogen-bond acceptors (Lipinski definition) is 7. The molecule has 3 heterocycles. The zero-order valence-electron chi connectivity index (χ0n) is 19.8. The highest BCUT2D eigenvalue weighted by molar-refractivity contribution is 5.91. The number of carbonyl (C=O) groups is 1. The second kappa shape index (κ2) is 8.97. The summed E-state index contributed by atoms with van der Waals surface area (Å²) >= 11 is 0. The van der Waals surface area contributed by atoms with Crippen molar-refractivity contribution in [2.75, 3.05) is 23.3 Å². The van der Waals surface area contributed by atoms with Gasteiger partial charge >= 0.3 is 6.09 Å². The van der Waals surface area contributed by atoms with Crippen LogP contribution in [0.3, 0.4) is 0 Å². The lowest BCUT2D eigenvalue weighted by Gasteiger charge is -2.35. The van der Waals surface area contributed by atoms with Gasteiger partial charge in [0.05, 0.1) is 23.4 Å². The van der Waals surface area contributed by atoms with Crippen LogP contribution in [0.25, 0.3) is 11.0 Å². The highest BCUT2D eigenvalue weighted by atomic mass is 16.6. The molecule has 0 radical (unpaired) electrons. The van der Waals surface area contributed by atoms with E-state index in [9.17, 15) is 4.79 Å². The summed E-state index contributed by atoms with van der Waals surface area (Å²) in [5, 5.41) is 6.78. The molecule has 8 nitrogen and oxygen atoms in total. The first-order valence-electron chi connectivity index (χ1n) is 12.2. The minimum absolute atomic E-state index is 0.157. The fourth-order valence-electron chi connectivity index (χ4n) is 5.25. The van der Waals surface area contributed by atoms with Gasteiger partial charge in [-0.2, -0.15) is 0 Å². The molecule has 1 aromatic carbocycles. The van der Waals surface area contributed by atoms with Crippen LogP contribution in [0.4, 0.5) is 16.2 Å². The fourth-order valence-corrected chi connectivity index (χ4v) is 5.25. The van der Waals surface area contributed by atoms with Crippen molar-refractivity contribution in [3.8, 4) is 0 Å². The fraction of sp³-hybridized carbons (Fsp3) is 0.640. The number of ether oxygens (including phenoxy) is 2. The van der Waals surface area contributed by atoms with E-state index in [2.05, 4.69) is 37.6 Å². The number of nitrogens with one attached hydrogen (secondary N) is 2. The Balaban J connectivity index is 1.26. The van der Waals surface area contributed by atoms with Gasteiger partial charge in [-0.15, -0.1) is 0 Å². The first-order valence-corrected chi connectivity index (χ1v) is 12.2. The molecule has 3 fully saturated rings. The van der Waals surface area contributed by atoms with Crippen molar-refractivity contribution < 1.29 is 14.3 Å². The van der Waals surface area contributed by atoms with Gasteiger partial charge in [0, 0.05) is 43.3 Å². The Morgan fingerprint density at radius 1 is 1.00 bits per heavy atom. The van der Waals surface area contributed by atoms with Crippen molar-refractivity contribution in [1.82, 2.24) is 15.3 Å². The number of nitrogens with zero attached hydrogens (tertiary/aromatic N) is 3. The minimum atomic E-state index is -0.476. The average Bonchev–Trinajstić information content (AvgIpc) is 3.11. The summed E-state index contributed by atoms with van der Waals surface area (Å²) in [6, 6.07) is 4.87. The van der Waals surface area contributed by atoms with Gasteiger partial charge in [0.15, 0.2) is 0 Å². The second-order valence-corrected chi connectivity index (χ2v) is 10.6. The van der Waals surface area contributed by atoms with Gasteiger partial charge in [0.2, 0.25) is 0 Å². The normalized spacial score (nSPS) is 27.4. The lowest BCUT2D eigenvalue weighted by Crippen LogP contribution is -2.43. The van der Waals surface area contributed by atoms with Crippen molar-refractivity contribution in [3.05, 3.63) is 24.5 Å². The Morgan fingerprint density at radius 2 is 1.67 bits per heavy atom. The largest absolute Gasteiger partial charge is 0.444 e. The van der Waals surface area contributed by atoms with Crippen LogP contribution in [0.5, 0.6) is 0 Å². The van der Waals surface area contributed by atoms with E-state index in [4.69, 9.17) is 9.47 Å². The standard InChI is InChI=1S/C25H35N5O3/c1-25(2,3)33-24(31)29-17-6-4-16(5-7-17)28-22-13-18(12-21-23(22)27-11-10-26-21)30-14-19-8-9-20(15-30)32-19/h10-13,16-17,19-20,28H,4-9,14-15H2,1-3H3,(H,29,31)/t16-,17+,19-,20+. The van der Waals surface area contributed by atoms with Crippen LogP contribution in [-0.4, -0.2) is 59.0 Å². The van der Waals surface area contributed by atoms with Gasteiger partial charge in [-0.3, -0.25) is 9.97 Å². The number of amides is 1. The van der Waals surface area contributed by atoms with Crippen molar-refractivity contribution in [3.63, 3.8) is 0 Å². The summed E-state index contributed by atoms with van der Waals surface area (Å²) < 4.78 is 11.4. The lowest BCUT2D eigenvalue weighted by atomic mass is 9.91. The zero-order chi connectivity index (χ0) is 23.0. The second-order valence-electron chi connectivity index (χ2n) is 10.6. The van der Waals surface area contributed by atoms with Crippen molar-refractivity contribution in [1.29, 1.82) is 0 Å². The molecule has 8 heteroatoms. The molecule has 33 heavy (non-hydrogen) atoms. The van der Waals surface area contributed by atoms with Crippen LogP contribution in [0.1, 0.15) is 59.3 Å². The van der Waals surface area contributed by atoms with Crippen LogP contribution >= 0.6 is 0 Å². The molecule has 5 rings (SSSR count). The van der Waals surface area contributed by atoms with E-state index in [0.29, 0.717) is 18.2 Å². The maximum Gasteiger partial charge on any atom is 0.407 e. The van der Waals surface area contributed by atoms with E-state index in [1.165, 1.54) is 5.69 Å². The van der Waals surface area contributed by atoms with Crippen molar-refractivity contribution >= 4 is 28.5 Å². The molecule has 178 valence electrons. The monoisotopic (exact) mass is 453 g/mol. The van der Waals surface area contributed by atoms with E-state index >= 15 is 0 Å². The first-order chi connectivity index (χ1) is 15.8. The lowest BCUT2D eigenvalue weighted by molar-refractivity contribution is 0.0305. The molecule has 0 unspecified atom stereocenters. The number of benzene rings is 1. The molecule has 2 N–H and O–H groups in total. The third-order valence-corrected chi connectivity index (χ3v) is 6.77. The molecular formula is C25H35N5O3. The maximum atomic E-state index is 12.1. The third kappa shape index (κ3) is 5.32. The molecule has 1 aromatic heterocycles. The molecule has 2 aliphatic heterocycles. The summed E-state index contributed by atoms with van der Waals surface area (Å²) in [6.45, 7) is 7.52. The van der Waals surface area contributed by atoms with E-state index in [-0.39, 0.29) is 12.1 Å². The van der Waals surface area contributed by atoms with Crippen LogP contribution in [0.15, 0.2) is 24.5 Å². The number of carbonyl (C=O) groups excluding carboxylic acids is 1. The van der Waals surface area contributed by atoms with Gasteiger partial charge in [0.25, 0.3) is 0 Å². The summed E-state index contributed by atoms with van der Waals surface area (Å²) in [6.07, 6.45) is 9.97. The topological polar surface area (TPSA) is 88.6 Å². The highest BCUT2D eigenvalue weighted by Crippen LogP contribution is 2.34. The number of aromatic nitrogens is 2. The number of alkyl carbamates (subject to hydrolysis) is 1. The molecule has 1 amide bonds. The van der Waals surface area contributed by atoms with Gasteiger partial charge in [-0.25, -0.2) is 4.79 Å². The van der Waals surface area contributed by atoms with Gasteiger partial charge < -0.3 is 25.0 Å². The van der Waals surface area contributed by atoms with Crippen molar-refractivity contribution in [2.45, 2.75) is 89.2 Å². The predicted octanol–water partition coefficient (Wildman–Crippen LogP) is 4.25. The summed E-state index contributed by atoms with van der Waals surface area (Å²) in [5.41, 5.74) is 3.57. The quantitative estimate of drug-likeness (QED) is 0.716. The van der Waals surface area contributed by atoms with Crippen LogP contribution in [0.2, 0.25) is 0 Å². The average molecular weight is 454 g/mol. The Morgan fingerprint density at radius 3 is 2.36 bits per heavy atom. The van der Waals surface area contributed by atoms with Crippen LogP contribution < -0.4 is 15.5 Å². The SMILES string of the molecule is CC(C)(C)OC(=O)N[C@H]1CC[C@@H](Nc2cc(N3C[C@H]4CC[C@@H](C3)O4)cc3nccnc23)CC1. The number of morpholine rings is 1. The number of hydrogen-bond donors (Lipinski definition) is 2. The Labute approximate surface area is 195 Å². The highest BCUT2D eigenvalue weighted by Gasteiger charge is 2.34. The van der Waals surface area contributed by atoms with E-state index in [0.717, 1.165) is 68.3 Å². The molecule has 2 atom stereocenters. The Bertz CT molecular complexity index is 987. The molecule has 2 bridgehead atoms. The predicted molar refractivity (Wildman–Crippen MR) is 129 cm³/mol. The molecule has 0 spiro atoms. The minimum Gasteiger partial charge on any atom is -0.444 e. The van der Waals surface area contributed by atoms with Crippen LogP contribution in [0, 0.1) is 0 Å². The molecule has 3 aliphatic rings. The van der Waals surface area contributed by atoms with Crippen molar-refractivity contribution in [2.24, 2.45) is 0 Å². The molecular weight excluding hydrogens is 418 g/mol. The Hall–Kier alpha value is -2.61. The molecule has 1 saturated carbocycles. The van der Waals surface area contributed by atoms with E-state index < -0.39 is 5.60 Å². The third-order valence-electron chi connectivity index (χ3n) is 6.77.